The molecule has 0 saturated carbocycles. The SMILES string of the molecule is NC(=O)c1ccc(N2CCCN(CCO)CC2)c(N)c1. The topological polar surface area (TPSA) is 95.8 Å². The Morgan fingerprint density at radius 3 is 2.70 bits per heavy atom. The number of aliphatic hydroxyl groups is 1. The van der Waals surface area contributed by atoms with Crippen LogP contribution in [-0.4, -0.2) is 55.2 Å². The molecule has 2 rings (SSSR count). The fourth-order valence-electron chi connectivity index (χ4n) is 2.57. The summed E-state index contributed by atoms with van der Waals surface area (Å²) in [6, 6.07) is 5.20. The van der Waals surface area contributed by atoms with Crippen molar-refractivity contribution in [1.29, 1.82) is 0 Å². The van der Waals surface area contributed by atoms with Crippen LogP contribution in [0.4, 0.5) is 11.4 Å². The van der Waals surface area contributed by atoms with Crippen LogP contribution in [-0.2, 0) is 0 Å². The molecule has 6 heteroatoms. The second-order valence-corrected chi connectivity index (χ2v) is 5.04. The Morgan fingerprint density at radius 1 is 1.25 bits per heavy atom. The Balaban J connectivity index is 2.09. The predicted octanol–water partition coefficient (Wildman–Crippen LogP) is -0.128. The highest BCUT2D eigenvalue weighted by Crippen LogP contribution is 2.25. The minimum Gasteiger partial charge on any atom is -0.397 e. The van der Waals surface area contributed by atoms with Gasteiger partial charge in [0.2, 0.25) is 5.91 Å². The Morgan fingerprint density at radius 2 is 2.05 bits per heavy atom. The van der Waals surface area contributed by atoms with E-state index >= 15 is 0 Å². The number of nitrogens with two attached hydrogens (primary N) is 2. The number of primary amides is 1. The molecule has 1 amide bonds. The molecule has 5 N–H and O–H groups in total. The zero-order valence-corrected chi connectivity index (χ0v) is 11.6. The van der Waals surface area contributed by atoms with E-state index in [1.807, 2.05) is 6.07 Å². The van der Waals surface area contributed by atoms with Crippen molar-refractivity contribution in [2.75, 3.05) is 50.0 Å². The molecule has 1 heterocycles. The number of hydrogen-bond acceptors (Lipinski definition) is 5. The lowest BCUT2D eigenvalue weighted by Crippen LogP contribution is -2.32. The van der Waals surface area contributed by atoms with E-state index in [-0.39, 0.29) is 6.61 Å². The van der Waals surface area contributed by atoms with Gasteiger partial charge in [0.05, 0.1) is 18.0 Å². The molecule has 0 spiro atoms. The van der Waals surface area contributed by atoms with Gasteiger partial charge in [0.25, 0.3) is 0 Å². The van der Waals surface area contributed by atoms with E-state index in [0.29, 0.717) is 17.8 Å². The first-order chi connectivity index (χ1) is 9.61. The molecule has 0 atom stereocenters. The lowest BCUT2D eigenvalue weighted by atomic mass is 10.1. The van der Waals surface area contributed by atoms with Crippen molar-refractivity contribution in [3.05, 3.63) is 23.8 Å². The van der Waals surface area contributed by atoms with Crippen molar-refractivity contribution >= 4 is 17.3 Å². The Bertz CT molecular complexity index is 478. The van der Waals surface area contributed by atoms with E-state index in [2.05, 4.69) is 9.80 Å². The van der Waals surface area contributed by atoms with Crippen LogP contribution in [0.1, 0.15) is 16.8 Å². The summed E-state index contributed by atoms with van der Waals surface area (Å²) in [5, 5.41) is 9.00. The first kappa shape index (κ1) is 14.6. The lowest BCUT2D eigenvalue weighted by Gasteiger charge is -2.25. The Hall–Kier alpha value is -1.79. The van der Waals surface area contributed by atoms with Gasteiger partial charge in [-0.2, -0.15) is 0 Å². The minimum atomic E-state index is -0.465. The summed E-state index contributed by atoms with van der Waals surface area (Å²) in [7, 11) is 0. The van der Waals surface area contributed by atoms with Gasteiger partial charge >= 0.3 is 0 Å². The fraction of sp³-hybridized carbons (Fsp3) is 0.500. The van der Waals surface area contributed by atoms with Crippen molar-refractivity contribution in [3.8, 4) is 0 Å². The number of benzene rings is 1. The molecular formula is C14H22N4O2. The number of nitrogens with zero attached hydrogens (tertiary/aromatic N) is 2. The van der Waals surface area contributed by atoms with Crippen LogP contribution < -0.4 is 16.4 Å². The summed E-state index contributed by atoms with van der Waals surface area (Å²) >= 11 is 0. The molecule has 6 nitrogen and oxygen atoms in total. The van der Waals surface area contributed by atoms with E-state index in [1.165, 1.54) is 0 Å². The maximum absolute atomic E-state index is 11.1. The summed E-state index contributed by atoms with van der Waals surface area (Å²) in [5.41, 5.74) is 13.2. The molecule has 0 aromatic heterocycles. The maximum atomic E-state index is 11.1. The molecule has 1 aliphatic heterocycles. The first-order valence-electron chi connectivity index (χ1n) is 6.89. The van der Waals surface area contributed by atoms with E-state index in [0.717, 1.165) is 38.3 Å². The van der Waals surface area contributed by atoms with Crippen LogP contribution in [0.2, 0.25) is 0 Å². The number of β-amino-alcohol motifs (C(OH)–C–C–N with tert-alkyl or cyclic N) is 1. The molecular weight excluding hydrogens is 256 g/mol. The van der Waals surface area contributed by atoms with Gasteiger partial charge in [-0.25, -0.2) is 0 Å². The molecule has 1 aromatic carbocycles. The molecule has 1 saturated heterocycles. The molecule has 0 bridgehead atoms. The number of carbonyl (C=O) groups is 1. The van der Waals surface area contributed by atoms with Crippen molar-refractivity contribution in [1.82, 2.24) is 4.90 Å². The number of rotatable bonds is 4. The van der Waals surface area contributed by atoms with Crippen LogP contribution in [0, 0.1) is 0 Å². The third-order valence-electron chi connectivity index (χ3n) is 3.66. The Kier molecular flexibility index (Phi) is 4.81. The van der Waals surface area contributed by atoms with Crippen LogP contribution in [0.15, 0.2) is 18.2 Å². The van der Waals surface area contributed by atoms with Gasteiger partial charge in [0, 0.05) is 31.7 Å². The second kappa shape index (κ2) is 6.58. The molecule has 0 unspecified atom stereocenters. The third kappa shape index (κ3) is 3.40. The van der Waals surface area contributed by atoms with Crippen LogP contribution in [0.25, 0.3) is 0 Å². The predicted molar refractivity (Wildman–Crippen MR) is 79.7 cm³/mol. The van der Waals surface area contributed by atoms with Crippen LogP contribution in [0.3, 0.4) is 0 Å². The summed E-state index contributed by atoms with van der Waals surface area (Å²) in [4.78, 5) is 15.6. The number of aliphatic hydroxyl groups excluding tert-OH is 1. The van der Waals surface area contributed by atoms with E-state index < -0.39 is 5.91 Å². The summed E-state index contributed by atoms with van der Waals surface area (Å²) in [6.07, 6.45) is 1.02. The van der Waals surface area contributed by atoms with Gasteiger partial charge in [0.1, 0.15) is 0 Å². The smallest absolute Gasteiger partial charge is 0.248 e. The monoisotopic (exact) mass is 278 g/mol. The zero-order chi connectivity index (χ0) is 14.5. The fourth-order valence-corrected chi connectivity index (χ4v) is 2.57. The summed E-state index contributed by atoms with van der Waals surface area (Å²) < 4.78 is 0. The number of anilines is 2. The Labute approximate surface area is 119 Å². The van der Waals surface area contributed by atoms with Crippen molar-refractivity contribution in [2.45, 2.75) is 6.42 Å². The van der Waals surface area contributed by atoms with Crippen LogP contribution in [0.5, 0.6) is 0 Å². The highest BCUT2D eigenvalue weighted by atomic mass is 16.3. The van der Waals surface area contributed by atoms with E-state index in [9.17, 15) is 4.79 Å². The zero-order valence-electron chi connectivity index (χ0n) is 11.6. The number of carbonyl (C=O) groups excluding carboxylic acids is 1. The quantitative estimate of drug-likeness (QED) is 0.667. The van der Waals surface area contributed by atoms with Crippen molar-refractivity contribution in [2.24, 2.45) is 5.73 Å². The average Bonchev–Trinajstić information content (AvgIpc) is 2.65. The molecule has 1 fully saturated rings. The van der Waals surface area contributed by atoms with Crippen molar-refractivity contribution in [3.63, 3.8) is 0 Å². The summed E-state index contributed by atoms with van der Waals surface area (Å²) in [5.74, 6) is -0.465. The first-order valence-corrected chi connectivity index (χ1v) is 6.89. The van der Waals surface area contributed by atoms with Gasteiger partial charge < -0.3 is 21.5 Å². The third-order valence-corrected chi connectivity index (χ3v) is 3.66. The second-order valence-electron chi connectivity index (χ2n) is 5.04. The molecule has 0 radical (unpaired) electrons. The van der Waals surface area contributed by atoms with Gasteiger partial charge in [-0.3, -0.25) is 9.69 Å². The lowest BCUT2D eigenvalue weighted by molar-refractivity contribution is 0.100. The highest BCUT2D eigenvalue weighted by molar-refractivity contribution is 5.94. The molecule has 1 aliphatic rings. The van der Waals surface area contributed by atoms with E-state index in [4.69, 9.17) is 16.6 Å². The normalized spacial score (nSPS) is 16.9. The summed E-state index contributed by atoms with van der Waals surface area (Å²) in [6.45, 7) is 4.56. The standard InChI is InChI=1S/C14H22N4O2/c15-12-10-11(14(16)20)2-3-13(12)18-5-1-4-17(6-7-18)8-9-19/h2-3,10,19H,1,4-9,15H2,(H2,16,20). The highest BCUT2D eigenvalue weighted by Gasteiger charge is 2.17. The van der Waals surface area contributed by atoms with E-state index in [1.54, 1.807) is 12.1 Å². The maximum Gasteiger partial charge on any atom is 0.248 e. The van der Waals surface area contributed by atoms with Gasteiger partial charge in [-0.05, 0) is 31.2 Å². The van der Waals surface area contributed by atoms with Gasteiger partial charge in [0.15, 0.2) is 0 Å². The van der Waals surface area contributed by atoms with Crippen LogP contribution >= 0.6 is 0 Å². The molecule has 20 heavy (non-hydrogen) atoms. The molecule has 0 aliphatic carbocycles. The minimum absolute atomic E-state index is 0.190. The van der Waals surface area contributed by atoms with Crippen molar-refractivity contribution < 1.29 is 9.90 Å². The van der Waals surface area contributed by atoms with Gasteiger partial charge in [-0.1, -0.05) is 0 Å². The molecule has 110 valence electrons. The molecule has 1 aromatic rings. The number of nitrogen functional groups attached to an aromatic ring is 1. The van der Waals surface area contributed by atoms with Gasteiger partial charge in [-0.15, -0.1) is 0 Å². The average molecular weight is 278 g/mol. The largest absolute Gasteiger partial charge is 0.397 e. The number of hydrogen-bond donors (Lipinski definition) is 3. The number of amides is 1.